The van der Waals surface area contributed by atoms with E-state index in [0.29, 0.717) is 25.1 Å². The first-order valence-corrected chi connectivity index (χ1v) is 10.4. The molecular formula is C20H26N2O4S. The Hall–Kier alpha value is -2.38. The summed E-state index contributed by atoms with van der Waals surface area (Å²) in [6.45, 7) is 5.20. The topological polar surface area (TPSA) is 75.7 Å². The highest BCUT2D eigenvalue weighted by molar-refractivity contribution is 7.89. The summed E-state index contributed by atoms with van der Waals surface area (Å²) in [4.78, 5) is 14.2. The lowest BCUT2D eigenvalue weighted by molar-refractivity contribution is 0.0772. The summed E-state index contributed by atoms with van der Waals surface area (Å²) in [7, 11) is -2.08. The van der Waals surface area contributed by atoms with Gasteiger partial charge in [0.2, 0.25) is 10.0 Å². The number of carbonyl (C=O) groups is 1. The number of rotatable bonds is 9. The van der Waals surface area contributed by atoms with Crippen LogP contribution in [0.5, 0.6) is 5.75 Å². The molecule has 7 heteroatoms. The minimum atomic E-state index is -3.68. The van der Waals surface area contributed by atoms with E-state index >= 15 is 0 Å². The van der Waals surface area contributed by atoms with Crippen molar-refractivity contribution in [2.75, 3.05) is 26.7 Å². The fourth-order valence-electron chi connectivity index (χ4n) is 2.69. The van der Waals surface area contributed by atoms with Crippen LogP contribution in [0.2, 0.25) is 0 Å². The maximum Gasteiger partial charge on any atom is 0.253 e. The normalized spacial score (nSPS) is 11.2. The highest BCUT2D eigenvalue weighted by atomic mass is 32.2. The Labute approximate surface area is 161 Å². The Kier molecular flexibility index (Phi) is 7.38. The zero-order valence-electron chi connectivity index (χ0n) is 15.9. The van der Waals surface area contributed by atoms with Gasteiger partial charge >= 0.3 is 0 Å². The third-order valence-electron chi connectivity index (χ3n) is 4.31. The minimum Gasteiger partial charge on any atom is -0.497 e. The van der Waals surface area contributed by atoms with Crippen molar-refractivity contribution in [3.63, 3.8) is 0 Å². The van der Waals surface area contributed by atoms with Gasteiger partial charge in [-0.15, -0.1) is 0 Å². The molecule has 2 rings (SSSR count). The molecule has 0 aromatic heterocycles. The quantitative estimate of drug-likeness (QED) is 0.714. The zero-order valence-corrected chi connectivity index (χ0v) is 16.8. The second-order valence-electron chi connectivity index (χ2n) is 6.00. The van der Waals surface area contributed by atoms with Crippen LogP contribution in [0.4, 0.5) is 0 Å². The molecule has 0 radical (unpaired) electrons. The Balaban J connectivity index is 2.05. The van der Waals surface area contributed by atoms with Crippen molar-refractivity contribution in [1.82, 2.24) is 9.62 Å². The summed E-state index contributed by atoms with van der Waals surface area (Å²) < 4.78 is 32.8. The summed E-state index contributed by atoms with van der Waals surface area (Å²) >= 11 is 0. The highest BCUT2D eigenvalue weighted by Crippen LogP contribution is 2.14. The lowest BCUT2D eigenvalue weighted by atomic mass is 10.1. The maximum absolute atomic E-state index is 12.6. The molecule has 2 aromatic rings. The summed E-state index contributed by atoms with van der Waals surface area (Å²) in [6, 6.07) is 13.6. The van der Waals surface area contributed by atoms with E-state index in [1.54, 1.807) is 24.1 Å². The van der Waals surface area contributed by atoms with Gasteiger partial charge in [0.05, 0.1) is 12.0 Å². The molecule has 0 saturated heterocycles. The number of ether oxygens (including phenoxy) is 1. The van der Waals surface area contributed by atoms with Crippen LogP contribution in [0.1, 0.15) is 29.8 Å². The number of methoxy groups -OCH3 is 1. The van der Waals surface area contributed by atoms with Crippen molar-refractivity contribution < 1.29 is 17.9 Å². The van der Waals surface area contributed by atoms with E-state index in [4.69, 9.17) is 4.74 Å². The van der Waals surface area contributed by atoms with E-state index in [9.17, 15) is 13.2 Å². The Morgan fingerprint density at radius 2 is 1.74 bits per heavy atom. The van der Waals surface area contributed by atoms with Crippen LogP contribution < -0.4 is 9.46 Å². The maximum atomic E-state index is 12.6. The molecule has 27 heavy (non-hydrogen) atoms. The van der Waals surface area contributed by atoms with Gasteiger partial charge in [-0.3, -0.25) is 4.79 Å². The van der Waals surface area contributed by atoms with Crippen molar-refractivity contribution in [3.8, 4) is 5.75 Å². The standard InChI is InChI=1S/C20H26N2O4S/c1-4-22(5-2)20(23)17-7-6-8-19(15-17)27(24,25)21-14-13-16-9-11-18(26-3)12-10-16/h6-12,15,21H,4-5,13-14H2,1-3H3. The van der Waals surface area contributed by atoms with Crippen molar-refractivity contribution in [2.24, 2.45) is 0 Å². The minimum absolute atomic E-state index is 0.0928. The lowest BCUT2D eigenvalue weighted by Crippen LogP contribution is -2.31. The number of nitrogens with zero attached hydrogens (tertiary/aromatic N) is 1. The van der Waals surface area contributed by atoms with E-state index in [1.807, 2.05) is 38.1 Å². The molecule has 0 bridgehead atoms. The van der Waals surface area contributed by atoms with Crippen LogP contribution in [0.15, 0.2) is 53.4 Å². The van der Waals surface area contributed by atoms with Crippen molar-refractivity contribution in [1.29, 1.82) is 0 Å². The number of amides is 1. The second-order valence-corrected chi connectivity index (χ2v) is 7.77. The molecule has 0 saturated carbocycles. The predicted octanol–water partition coefficient (Wildman–Crippen LogP) is 2.70. The number of carbonyl (C=O) groups excluding carboxylic acids is 1. The van der Waals surface area contributed by atoms with Gasteiger partial charge in [0.25, 0.3) is 5.91 Å². The van der Waals surface area contributed by atoms with Crippen LogP contribution in [0.3, 0.4) is 0 Å². The van der Waals surface area contributed by atoms with Crippen molar-refractivity contribution in [2.45, 2.75) is 25.2 Å². The monoisotopic (exact) mass is 390 g/mol. The van der Waals surface area contributed by atoms with Gasteiger partial charge in [0.15, 0.2) is 0 Å². The number of hydrogen-bond acceptors (Lipinski definition) is 4. The smallest absolute Gasteiger partial charge is 0.253 e. The van der Waals surface area contributed by atoms with Crippen LogP contribution in [0, 0.1) is 0 Å². The SMILES string of the molecule is CCN(CC)C(=O)c1cccc(S(=O)(=O)NCCc2ccc(OC)cc2)c1. The Morgan fingerprint density at radius 1 is 1.07 bits per heavy atom. The van der Waals surface area contributed by atoms with E-state index in [2.05, 4.69) is 4.72 Å². The van der Waals surface area contributed by atoms with Crippen LogP contribution in [0.25, 0.3) is 0 Å². The highest BCUT2D eigenvalue weighted by Gasteiger charge is 2.18. The fraction of sp³-hybridized carbons (Fsp3) is 0.350. The van der Waals surface area contributed by atoms with Gasteiger partial charge in [-0.1, -0.05) is 18.2 Å². The molecule has 0 heterocycles. The van der Waals surface area contributed by atoms with Crippen LogP contribution >= 0.6 is 0 Å². The Bertz CT molecular complexity index is 860. The first-order valence-electron chi connectivity index (χ1n) is 8.93. The molecular weight excluding hydrogens is 364 g/mol. The van der Waals surface area contributed by atoms with E-state index in [1.165, 1.54) is 12.1 Å². The summed E-state index contributed by atoms with van der Waals surface area (Å²) in [5, 5.41) is 0. The molecule has 6 nitrogen and oxygen atoms in total. The van der Waals surface area contributed by atoms with Crippen molar-refractivity contribution in [3.05, 3.63) is 59.7 Å². The largest absolute Gasteiger partial charge is 0.497 e. The van der Waals surface area contributed by atoms with E-state index in [0.717, 1.165) is 11.3 Å². The predicted molar refractivity (Wildman–Crippen MR) is 106 cm³/mol. The molecule has 1 N–H and O–H groups in total. The molecule has 0 atom stereocenters. The molecule has 0 aliphatic carbocycles. The molecule has 0 spiro atoms. The van der Waals surface area contributed by atoms with Gasteiger partial charge in [-0.25, -0.2) is 13.1 Å². The number of hydrogen-bond donors (Lipinski definition) is 1. The molecule has 1 amide bonds. The number of benzene rings is 2. The third-order valence-corrected chi connectivity index (χ3v) is 5.77. The summed E-state index contributed by atoms with van der Waals surface area (Å²) in [5.41, 5.74) is 1.38. The van der Waals surface area contributed by atoms with Gasteiger partial charge in [-0.05, 0) is 56.2 Å². The van der Waals surface area contributed by atoms with Crippen molar-refractivity contribution >= 4 is 15.9 Å². The summed E-state index contributed by atoms with van der Waals surface area (Å²) in [5.74, 6) is 0.587. The number of nitrogens with one attached hydrogen (secondary N) is 1. The first-order chi connectivity index (χ1) is 12.9. The van der Waals surface area contributed by atoms with Gasteiger partial charge in [0.1, 0.15) is 5.75 Å². The number of sulfonamides is 1. The molecule has 146 valence electrons. The molecule has 0 fully saturated rings. The zero-order chi connectivity index (χ0) is 19.9. The summed E-state index contributed by atoms with van der Waals surface area (Å²) in [6.07, 6.45) is 0.557. The van der Waals surface area contributed by atoms with E-state index in [-0.39, 0.29) is 17.3 Å². The lowest BCUT2D eigenvalue weighted by Gasteiger charge is -2.19. The molecule has 0 aliphatic rings. The average molecular weight is 391 g/mol. The molecule has 0 aliphatic heterocycles. The van der Waals surface area contributed by atoms with Gasteiger partial charge in [-0.2, -0.15) is 0 Å². The molecule has 2 aromatic carbocycles. The van der Waals surface area contributed by atoms with Gasteiger partial charge in [0, 0.05) is 25.2 Å². The van der Waals surface area contributed by atoms with Crippen LogP contribution in [-0.4, -0.2) is 46.0 Å². The Morgan fingerprint density at radius 3 is 2.33 bits per heavy atom. The van der Waals surface area contributed by atoms with E-state index < -0.39 is 10.0 Å². The average Bonchev–Trinajstić information content (AvgIpc) is 2.69. The first kappa shape index (κ1) is 20.9. The fourth-order valence-corrected chi connectivity index (χ4v) is 3.77. The van der Waals surface area contributed by atoms with Gasteiger partial charge < -0.3 is 9.64 Å². The molecule has 0 unspecified atom stereocenters. The van der Waals surface area contributed by atoms with Crippen LogP contribution in [-0.2, 0) is 16.4 Å². The third kappa shape index (κ3) is 5.55. The second kappa shape index (κ2) is 9.53.